The van der Waals surface area contributed by atoms with Crippen molar-refractivity contribution in [3.05, 3.63) is 0 Å². The number of nitrogens with two attached hydrogens (primary N) is 2. The van der Waals surface area contributed by atoms with E-state index in [2.05, 4.69) is 9.98 Å². The Labute approximate surface area is 99.0 Å². The van der Waals surface area contributed by atoms with Gasteiger partial charge in [-0.1, -0.05) is 0 Å². The zero-order chi connectivity index (χ0) is 12.7. The highest BCUT2D eigenvalue weighted by Gasteiger charge is 2.25. The van der Waals surface area contributed by atoms with Crippen molar-refractivity contribution in [1.82, 2.24) is 9.80 Å². The molecule has 8 heteroatoms. The van der Waals surface area contributed by atoms with Crippen LogP contribution in [0.25, 0.3) is 0 Å². The second-order valence-electron chi connectivity index (χ2n) is 3.42. The molecule has 1 fully saturated rings. The fourth-order valence-electron chi connectivity index (χ4n) is 1.47. The molecule has 3 amide bonds. The highest BCUT2D eigenvalue weighted by molar-refractivity contribution is 5.89. The Hall–Kier alpha value is -1.96. The molecular weight excluding hydrogens is 224 g/mol. The van der Waals surface area contributed by atoms with E-state index in [9.17, 15) is 9.59 Å². The summed E-state index contributed by atoms with van der Waals surface area (Å²) in [6.07, 6.45) is 2.08. The molecule has 0 unspecified atom stereocenters. The van der Waals surface area contributed by atoms with Crippen LogP contribution >= 0.6 is 0 Å². The first kappa shape index (κ1) is 13.1. The zero-order valence-corrected chi connectivity index (χ0v) is 9.45. The quantitative estimate of drug-likeness (QED) is 0.448. The molecule has 94 valence electrons. The summed E-state index contributed by atoms with van der Waals surface area (Å²) in [6, 6.07) is -0.489. The number of carbonyl (C=O) groups is 2. The molecular formula is C9H16N6O2. The molecule has 0 spiro atoms. The van der Waals surface area contributed by atoms with Crippen LogP contribution in [-0.4, -0.2) is 67.1 Å². The van der Waals surface area contributed by atoms with E-state index < -0.39 is 6.03 Å². The van der Waals surface area contributed by atoms with Gasteiger partial charge < -0.3 is 21.3 Å². The Balaban J connectivity index is 2.49. The summed E-state index contributed by atoms with van der Waals surface area (Å²) in [4.78, 5) is 33.1. The SMILES string of the molecule is NC=N/C=N/C(=O)N1CCN(CCN)C(=O)C1. The van der Waals surface area contributed by atoms with Crippen LogP contribution in [0.1, 0.15) is 0 Å². The average Bonchev–Trinajstić information content (AvgIpc) is 2.32. The maximum Gasteiger partial charge on any atom is 0.345 e. The van der Waals surface area contributed by atoms with Crippen LogP contribution in [-0.2, 0) is 4.79 Å². The van der Waals surface area contributed by atoms with E-state index in [1.54, 1.807) is 4.90 Å². The summed E-state index contributed by atoms with van der Waals surface area (Å²) < 4.78 is 0. The van der Waals surface area contributed by atoms with Crippen LogP contribution < -0.4 is 11.5 Å². The van der Waals surface area contributed by atoms with Gasteiger partial charge in [-0.25, -0.2) is 9.79 Å². The Morgan fingerprint density at radius 1 is 1.47 bits per heavy atom. The summed E-state index contributed by atoms with van der Waals surface area (Å²) in [6.45, 7) is 1.90. The van der Waals surface area contributed by atoms with Crippen molar-refractivity contribution in [3.63, 3.8) is 0 Å². The number of hydrogen-bond donors (Lipinski definition) is 2. The van der Waals surface area contributed by atoms with Gasteiger partial charge in [0.2, 0.25) is 5.91 Å². The predicted molar refractivity (Wildman–Crippen MR) is 63.8 cm³/mol. The standard InChI is InChI=1S/C9H16N6O2/c10-1-2-14-3-4-15(5-8(14)16)9(17)13-7-12-6-11/h6-7H,1-5,10H2,(H2,11,12,13,17). The van der Waals surface area contributed by atoms with Crippen molar-refractivity contribution >= 4 is 24.6 Å². The molecule has 0 aromatic carbocycles. The number of hydrogen-bond acceptors (Lipinski definition) is 3. The first-order chi connectivity index (χ1) is 8.19. The maximum absolute atomic E-state index is 11.6. The van der Waals surface area contributed by atoms with Crippen molar-refractivity contribution in [1.29, 1.82) is 0 Å². The van der Waals surface area contributed by atoms with Crippen LogP contribution in [0.4, 0.5) is 4.79 Å². The smallest absolute Gasteiger partial charge is 0.345 e. The molecule has 0 aliphatic carbocycles. The molecule has 8 nitrogen and oxygen atoms in total. The van der Waals surface area contributed by atoms with Gasteiger partial charge in [0.1, 0.15) is 12.9 Å². The zero-order valence-electron chi connectivity index (χ0n) is 9.45. The molecule has 1 heterocycles. The molecule has 4 N–H and O–H groups in total. The van der Waals surface area contributed by atoms with Crippen LogP contribution in [0.15, 0.2) is 9.98 Å². The molecule has 17 heavy (non-hydrogen) atoms. The van der Waals surface area contributed by atoms with E-state index in [1.165, 1.54) is 4.90 Å². The topological polar surface area (TPSA) is 117 Å². The lowest BCUT2D eigenvalue weighted by Gasteiger charge is -2.32. The lowest BCUT2D eigenvalue weighted by atomic mass is 10.3. The first-order valence-electron chi connectivity index (χ1n) is 5.21. The van der Waals surface area contributed by atoms with Crippen LogP contribution in [0.5, 0.6) is 0 Å². The highest BCUT2D eigenvalue weighted by atomic mass is 16.2. The van der Waals surface area contributed by atoms with E-state index in [-0.39, 0.29) is 12.5 Å². The van der Waals surface area contributed by atoms with Gasteiger partial charge in [0.15, 0.2) is 0 Å². The monoisotopic (exact) mass is 240 g/mol. The summed E-state index contributed by atoms with van der Waals surface area (Å²) in [5, 5.41) is 0. The molecule has 0 aromatic rings. The van der Waals surface area contributed by atoms with Crippen LogP contribution in [0.3, 0.4) is 0 Å². The third kappa shape index (κ3) is 3.83. The molecule has 1 aliphatic rings. The third-order valence-electron chi connectivity index (χ3n) is 2.31. The first-order valence-corrected chi connectivity index (χ1v) is 5.21. The molecule has 0 bridgehead atoms. The molecule has 0 radical (unpaired) electrons. The van der Waals surface area contributed by atoms with Gasteiger partial charge in [-0.15, -0.1) is 0 Å². The summed E-state index contributed by atoms with van der Waals surface area (Å²) in [7, 11) is 0. The van der Waals surface area contributed by atoms with Crippen LogP contribution in [0.2, 0.25) is 0 Å². The average molecular weight is 240 g/mol. The van der Waals surface area contributed by atoms with Gasteiger partial charge in [0.05, 0.1) is 6.34 Å². The largest absolute Gasteiger partial charge is 0.390 e. The molecule has 0 aromatic heterocycles. The van der Waals surface area contributed by atoms with Gasteiger partial charge in [-0.05, 0) is 0 Å². The van der Waals surface area contributed by atoms with Gasteiger partial charge in [-0.2, -0.15) is 4.99 Å². The van der Waals surface area contributed by atoms with Crippen molar-refractivity contribution in [2.24, 2.45) is 21.5 Å². The summed E-state index contributed by atoms with van der Waals surface area (Å²) >= 11 is 0. The molecule has 0 atom stereocenters. The molecule has 0 saturated carbocycles. The lowest BCUT2D eigenvalue weighted by molar-refractivity contribution is -0.134. The number of rotatable bonds is 3. The number of amides is 3. The van der Waals surface area contributed by atoms with Crippen LogP contribution in [0, 0.1) is 0 Å². The Morgan fingerprint density at radius 2 is 2.24 bits per heavy atom. The summed E-state index contributed by atoms with van der Waals surface area (Å²) in [5.74, 6) is -0.118. The Morgan fingerprint density at radius 3 is 2.82 bits per heavy atom. The molecule has 1 rings (SSSR count). The van der Waals surface area contributed by atoms with E-state index in [0.717, 1.165) is 12.7 Å². The van der Waals surface area contributed by atoms with Gasteiger partial charge >= 0.3 is 6.03 Å². The predicted octanol–water partition coefficient (Wildman–Crippen LogP) is -1.78. The minimum atomic E-state index is -0.489. The van der Waals surface area contributed by atoms with Gasteiger partial charge in [0, 0.05) is 26.2 Å². The molecule has 1 aliphatic heterocycles. The van der Waals surface area contributed by atoms with E-state index in [4.69, 9.17) is 11.5 Å². The number of urea groups is 1. The minimum absolute atomic E-state index is 0.0303. The van der Waals surface area contributed by atoms with Gasteiger partial charge in [0.25, 0.3) is 0 Å². The normalized spacial score (nSPS) is 17.4. The van der Waals surface area contributed by atoms with Crippen molar-refractivity contribution in [2.75, 3.05) is 32.7 Å². The maximum atomic E-state index is 11.6. The van der Waals surface area contributed by atoms with E-state index in [0.29, 0.717) is 26.2 Å². The molecule has 1 saturated heterocycles. The second kappa shape index (κ2) is 6.59. The van der Waals surface area contributed by atoms with Gasteiger partial charge in [-0.3, -0.25) is 4.79 Å². The van der Waals surface area contributed by atoms with Crippen molar-refractivity contribution < 1.29 is 9.59 Å². The fraction of sp³-hybridized carbons (Fsp3) is 0.556. The lowest BCUT2D eigenvalue weighted by Crippen LogP contribution is -2.52. The third-order valence-corrected chi connectivity index (χ3v) is 2.31. The van der Waals surface area contributed by atoms with E-state index >= 15 is 0 Å². The van der Waals surface area contributed by atoms with Crippen molar-refractivity contribution in [3.8, 4) is 0 Å². The minimum Gasteiger partial charge on any atom is -0.390 e. The van der Waals surface area contributed by atoms with E-state index in [1.807, 2.05) is 0 Å². The number of carbonyl (C=O) groups excluding carboxylic acids is 2. The fourth-order valence-corrected chi connectivity index (χ4v) is 1.47. The Bertz CT molecular complexity index is 340. The highest BCUT2D eigenvalue weighted by Crippen LogP contribution is 2.04. The summed E-state index contributed by atoms with van der Waals surface area (Å²) in [5.41, 5.74) is 10.4. The number of piperazine rings is 1. The number of nitrogens with zero attached hydrogens (tertiary/aromatic N) is 4. The van der Waals surface area contributed by atoms with Crippen molar-refractivity contribution in [2.45, 2.75) is 0 Å². The Kier molecular flexibility index (Phi) is 5.08. The number of aliphatic imine (C=N–C) groups is 2. The second-order valence-corrected chi connectivity index (χ2v) is 3.42.